The SMILES string of the molecule is C=CC1=C(C=C)C2CC(N(C(=O)CCC)c3ccccc3)CCN2CC1. The second-order valence-electron chi connectivity index (χ2n) is 7.22. The van der Waals surface area contributed by atoms with Gasteiger partial charge in [-0.1, -0.05) is 50.4 Å². The first kappa shape index (κ1) is 18.7. The minimum atomic E-state index is 0.233. The fourth-order valence-electron chi connectivity index (χ4n) is 4.41. The first-order valence-corrected chi connectivity index (χ1v) is 9.78. The molecule has 0 spiro atoms. The molecule has 26 heavy (non-hydrogen) atoms. The monoisotopic (exact) mass is 350 g/mol. The van der Waals surface area contributed by atoms with Crippen molar-refractivity contribution in [2.75, 3.05) is 18.0 Å². The lowest BCUT2D eigenvalue weighted by Crippen LogP contribution is -2.53. The predicted octanol–water partition coefficient (Wildman–Crippen LogP) is 4.73. The number of carbonyl (C=O) groups excluding carboxylic acids is 1. The zero-order valence-electron chi connectivity index (χ0n) is 15.9. The van der Waals surface area contributed by atoms with E-state index in [1.165, 1.54) is 11.1 Å². The number of hydrogen-bond acceptors (Lipinski definition) is 2. The van der Waals surface area contributed by atoms with Gasteiger partial charge in [-0.05, 0) is 49.0 Å². The van der Waals surface area contributed by atoms with Crippen molar-refractivity contribution in [3.63, 3.8) is 0 Å². The molecule has 0 aliphatic carbocycles. The van der Waals surface area contributed by atoms with Gasteiger partial charge in [-0.2, -0.15) is 0 Å². The number of rotatable bonds is 6. The van der Waals surface area contributed by atoms with Crippen molar-refractivity contribution < 1.29 is 4.79 Å². The number of amides is 1. The zero-order valence-corrected chi connectivity index (χ0v) is 15.9. The summed E-state index contributed by atoms with van der Waals surface area (Å²) < 4.78 is 0. The van der Waals surface area contributed by atoms with Crippen molar-refractivity contribution in [1.29, 1.82) is 0 Å². The molecule has 0 N–H and O–H groups in total. The van der Waals surface area contributed by atoms with E-state index in [0.717, 1.165) is 44.5 Å². The van der Waals surface area contributed by atoms with Gasteiger partial charge in [0.2, 0.25) is 5.91 Å². The Kier molecular flexibility index (Phi) is 6.10. The van der Waals surface area contributed by atoms with Gasteiger partial charge in [0.1, 0.15) is 0 Å². The van der Waals surface area contributed by atoms with Crippen molar-refractivity contribution in [3.8, 4) is 0 Å². The third-order valence-electron chi connectivity index (χ3n) is 5.68. The van der Waals surface area contributed by atoms with Gasteiger partial charge in [-0.3, -0.25) is 9.69 Å². The molecule has 1 saturated heterocycles. The highest BCUT2D eigenvalue weighted by Gasteiger charge is 2.37. The average molecular weight is 351 g/mol. The molecule has 0 aromatic heterocycles. The average Bonchev–Trinajstić information content (AvgIpc) is 2.68. The van der Waals surface area contributed by atoms with Crippen LogP contribution in [0.4, 0.5) is 5.69 Å². The molecule has 1 amide bonds. The molecule has 2 aliphatic heterocycles. The fraction of sp³-hybridized carbons (Fsp3) is 0.435. The Labute approximate surface area is 157 Å². The molecule has 138 valence electrons. The molecule has 2 atom stereocenters. The smallest absolute Gasteiger partial charge is 0.227 e. The molecule has 3 nitrogen and oxygen atoms in total. The van der Waals surface area contributed by atoms with E-state index >= 15 is 0 Å². The molecule has 3 heteroatoms. The van der Waals surface area contributed by atoms with Crippen LogP contribution >= 0.6 is 0 Å². The summed E-state index contributed by atoms with van der Waals surface area (Å²) in [5, 5.41) is 0. The summed E-state index contributed by atoms with van der Waals surface area (Å²) in [4.78, 5) is 17.5. The van der Waals surface area contributed by atoms with Gasteiger partial charge < -0.3 is 4.90 Å². The quantitative estimate of drug-likeness (QED) is 0.741. The molecule has 1 aromatic carbocycles. The summed E-state index contributed by atoms with van der Waals surface area (Å²) in [6.07, 6.45) is 8.48. The number of fused-ring (bicyclic) bond motifs is 1. The standard InChI is InChI=1S/C23H30N2O/c1-4-10-23(26)25(19-11-8-7-9-12-19)20-14-16-24-15-13-18(5-2)21(6-3)22(24)17-20/h5-9,11-12,20,22H,2-4,10,13-17H2,1H3. The summed E-state index contributed by atoms with van der Waals surface area (Å²) in [7, 11) is 0. The summed E-state index contributed by atoms with van der Waals surface area (Å²) in [6.45, 7) is 12.2. The van der Waals surface area contributed by atoms with E-state index in [0.29, 0.717) is 12.5 Å². The van der Waals surface area contributed by atoms with E-state index in [2.05, 4.69) is 42.0 Å². The van der Waals surface area contributed by atoms with Gasteiger partial charge in [0, 0.05) is 37.3 Å². The van der Waals surface area contributed by atoms with Gasteiger partial charge >= 0.3 is 0 Å². The van der Waals surface area contributed by atoms with Crippen LogP contribution in [0.1, 0.15) is 39.0 Å². The van der Waals surface area contributed by atoms with Crippen LogP contribution in [-0.2, 0) is 4.79 Å². The van der Waals surface area contributed by atoms with Crippen molar-refractivity contribution in [2.24, 2.45) is 0 Å². The third-order valence-corrected chi connectivity index (χ3v) is 5.68. The maximum absolute atomic E-state index is 12.9. The van der Waals surface area contributed by atoms with Crippen LogP contribution in [0.25, 0.3) is 0 Å². The summed E-state index contributed by atoms with van der Waals surface area (Å²) in [6, 6.07) is 10.7. The van der Waals surface area contributed by atoms with Crippen LogP contribution in [0, 0.1) is 0 Å². The minimum Gasteiger partial charge on any atom is -0.309 e. The highest BCUT2D eigenvalue weighted by molar-refractivity contribution is 5.94. The Morgan fingerprint density at radius 3 is 2.65 bits per heavy atom. The van der Waals surface area contributed by atoms with Crippen LogP contribution in [0.5, 0.6) is 0 Å². The highest BCUT2D eigenvalue weighted by Crippen LogP contribution is 2.35. The van der Waals surface area contributed by atoms with E-state index in [4.69, 9.17) is 0 Å². The number of anilines is 1. The Morgan fingerprint density at radius 2 is 2.00 bits per heavy atom. The minimum absolute atomic E-state index is 0.233. The summed E-state index contributed by atoms with van der Waals surface area (Å²) in [5.41, 5.74) is 3.63. The second kappa shape index (κ2) is 8.50. The number of hydrogen-bond donors (Lipinski definition) is 0. The van der Waals surface area contributed by atoms with Crippen molar-refractivity contribution in [2.45, 2.75) is 51.1 Å². The van der Waals surface area contributed by atoms with Crippen LogP contribution < -0.4 is 4.90 Å². The predicted molar refractivity (Wildman–Crippen MR) is 109 cm³/mol. The normalized spacial score (nSPS) is 23.3. The van der Waals surface area contributed by atoms with E-state index < -0.39 is 0 Å². The van der Waals surface area contributed by atoms with Crippen LogP contribution in [0.15, 0.2) is 66.8 Å². The zero-order chi connectivity index (χ0) is 18.5. The maximum atomic E-state index is 12.9. The number of carbonyl (C=O) groups is 1. The van der Waals surface area contributed by atoms with Crippen LogP contribution in [-0.4, -0.2) is 36.0 Å². The fourth-order valence-corrected chi connectivity index (χ4v) is 4.41. The van der Waals surface area contributed by atoms with Crippen molar-refractivity contribution >= 4 is 11.6 Å². The third kappa shape index (κ3) is 3.68. The number of para-hydroxylation sites is 1. The molecule has 2 heterocycles. The molecular formula is C23H30N2O. The van der Waals surface area contributed by atoms with E-state index in [-0.39, 0.29) is 11.9 Å². The first-order valence-electron chi connectivity index (χ1n) is 9.78. The molecule has 0 bridgehead atoms. The van der Waals surface area contributed by atoms with Gasteiger partial charge in [0.25, 0.3) is 0 Å². The molecule has 2 unspecified atom stereocenters. The van der Waals surface area contributed by atoms with Gasteiger partial charge in [0.05, 0.1) is 0 Å². The van der Waals surface area contributed by atoms with E-state index in [9.17, 15) is 4.79 Å². The molecule has 1 fully saturated rings. The molecule has 3 rings (SSSR count). The molecule has 2 aliphatic rings. The largest absolute Gasteiger partial charge is 0.309 e. The summed E-state index contributed by atoms with van der Waals surface area (Å²) in [5.74, 6) is 0.237. The van der Waals surface area contributed by atoms with Gasteiger partial charge in [-0.25, -0.2) is 0 Å². The molecular weight excluding hydrogens is 320 g/mol. The van der Waals surface area contributed by atoms with Crippen molar-refractivity contribution in [3.05, 3.63) is 66.8 Å². The van der Waals surface area contributed by atoms with Crippen LogP contribution in [0.2, 0.25) is 0 Å². The van der Waals surface area contributed by atoms with E-state index in [1.54, 1.807) is 0 Å². The first-order chi connectivity index (χ1) is 12.7. The lowest BCUT2D eigenvalue weighted by Gasteiger charge is -2.46. The number of piperidine rings is 1. The van der Waals surface area contributed by atoms with E-state index in [1.807, 2.05) is 30.4 Å². The second-order valence-corrected chi connectivity index (χ2v) is 7.22. The van der Waals surface area contributed by atoms with Crippen molar-refractivity contribution in [1.82, 2.24) is 4.90 Å². The Morgan fingerprint density at radius 1 is 1.23 bits per heavy atom. The molecule has 1 aromatic rings. The molecule has 0 saturated carbocycles. The maximum Gasteiger partial charge on any atom is 0.227 e. The highest BCUT2D eigenvalue weighted by atomic mass is 16.2. The Balaban J connectivity index is 1.90. The van der Waals surface area contributed by atoms with Gasteiger partial charge in [0.15, 0.2) is 0 Å². The number of allylic oxidation sites excluding steroid dienone is 1. The number of nitrogens with zero attached hydrogens (tertiary/aromatic N) is 2. The number of benzene rings is 1. The molecule has 0 radical (unpaired) electrons. The topological polar surface area (TPSA) is 23.6 Å². The van der Waals surface area contributed by atoms with Gasteiger partial charge in [-0.15, -0.1) is 0 Å². The lowest BCUT2D eigenvalue weighted by molar-refractivity contribution is -0.119. The Hall–Kier alpha value is -2.13. The van der Waals surface area contributed by atoms with Crippen LogP contribution in [0.3, 0.4) is 0 Å². The lowest BCUT2D eigenvalue weighted by atomic mass is 9.84. The summed E-state index contributed by atoms with van der Waals surface area (Å²) >= 11 is 0. The Bertz CT molecular complexity index is 691.